The van der Waals surface area contributed by atoms with Gasteiger partial charge in [0, 0.05) is 5.56 Å². The Balaban J connectivity index is 1.61. The summed E-state index contributed by atoms with van der Waals surface area (Å²) in [7, 11) is 1.87. The normalized spacial score (nSPS) is 12.3. The second-order valence-electron chi connectivity index (χ2n) is 6.43. The predicted molar refractivity (Wildman–Crippen MR) is 107 cm³/mol. The summed E-state index contributed by atoms with van der Waals surface area (Å²) in [5, 5.41) is 11.6. The lowest BCUT2D eigenvalue weighted by Crippen LogP contribution is -2.23. The van der Waals surface area contributed by atoms with E-state index >= 15 is 0 Å². The Hall–Kier alpha value is -3.59. The van der Waals surface area contributed by atoms with Crippen molar-refractivity contribution in [1.82, 2.24) is 24.9 Å². The van der Waals surface area contributed by atoms with Crippen LogP contribution in [0.15, 0.2) is 67.0 Å². The van der Waals surface area contributed by atoms with Crippen molar-refractivity contribution in [3.63, 3.8) is 0 Å². The van der Waals surface area contributed by atoms with Gasteiger partial charge >= 0.3 is 6.61 Å². The highest BCUT2D eigenvalue weighted by Gasteiger charge is 2.16. The Morgan fingerprint density at radius 3 is 2.47 bits per heavy atom. The van der Waals surface area contributed by atoms with E-state index in [0.29, 0.717) is 29.5 Å². The first-order valence-electron chi connectivity index (χ1n) is 9.25. The Labute approximate surface area is 171 Å². The summed E-state index contributed by atoms with van der Waals surface area (Å²) in [5.41, 5.74) is 2.28. The van der Waals surface area contributed by atoms with Gasteiger partial charge in [-0.2, -0.15) is 8.78 Å². The highest BCUT2D eigenvalue weighted by molar-refractivity contribution is 5.61. The van der Waals surface area contributed by atoms with Crippen molar-refractivity contribution in [2.24, 2.45) is 0 Å². The van der Waals surface area contributed by atoms with Crippen LogP contribution in [-0.4, -0.2) is 39.8 Å². The van der Waals surface area contributed by atoms with Gasteiger partial charge in [0.15, 0.2) is 11.5 Å². The van der Waals surface area contributed by atoms with E-state index in [1.165, 1.54) is 12.1 Å². The number of benzene rings is 2. The lowest BCUT2D eigenvalue weighted by molar-refractivity contribution is -0.0498. The number of fused-ring (bicyclic) bond motifs is 1. The maximum atomic E-state index is 12.4. The third-order valence-electron chi connectivity index (χ3n) is 4.57. The number of alkyl halides is 2. The van der Waals surface area contributed by atoms with E-state index in [9.17, 15) is 8.78 Å². The summed E-state index contributed by atoms with van der Waals surface area (Å²) >= 11 is 0. The minimum atomic E-state index is -2.87. The van der Waals surface area contributed by atoms with Gasteiger partial charge in [0.05, 0.1) is 18.4 Å². The van der Waals surface area contributed by atoms with Crippen LogP contribution < -0.4 is 14.8 Å². The van der Waals surface area contributed by atoms with Gasteiger partial charge in [0.2, 0.25) is 5.88 Å². The number of hydrogen-bond donors (Lipinski definition) is 1. The predicted octanol–water partition coefficient (Wildman–Crippen LogP) is 3.73. The SMILES string of the molecule is CNC(COc1cncc2nnc(-c3ccc(OC(F)F)cc3)n12)c1ccccc1. The van der Waals surface area contributed by atoms with Crippen molar-refractivity contribution >= 4 is 5.65 Å². The van der Waals surface area contributed by atoms with Crippen LogP contribution in [0.1, 0.15) is 11.6 Å². The van der Waals surface area contributed by atoms with Gasteiger partial charge in [-0.1, -0.05) is 30.3 Å². The quantitative estimate of drug-likeness (QED) is 0.476. The molecule has 0 aliphatic carbocycles. The van der Waals surface area contributed by atoms with E-state index in [-0.39, 0.29) is 11.8 Å². The third kappa shape index (κ3) is 4.20. The Morgan fingerprint density at radius 1 is 1.00 bits per heavy atom. The Morgan fingerprint density at radius 2 is 1.77 bits per heavy atom. The molecule has 0 bridgehead atoms. The minimum Gasteiger partial charge on any atom is -0.475 e. The zero-order valence-corrected chi connectivity index (χ0v) is 16.1. The van der Waals surface area contributed by atoms with E-state index in [1.807, 2.05) is 37.4 Å². The average Bonchev–Trinajstić information content (AvgIpc) is 3.20. The molecule has 1 atom stereocenters. The van der Waals surface area contributed by atoms with Crippen LogP contribution in [0.5, 0.6) is 11.6 Å². The molecule has 4 rings (SSSR count). The molecule has 2 aromatic carbocycles. The number of aromatic nitrogens is 4. The van der Waals surface area contributed by atoms with Gasteiger partial charge in [-0.3, -0.25) is 4.98 Å². The second kappa shape index (κ2) is 8.83. The summed E-state index contributed by atoms with van der Waals surface area (Å²) in [5.74, 6) is 1.05. The molecule has 0 saturated carbocycles. The molecule has 1 unspecified atom stereocenters. The average molecular weight is 411 g/mol. The lowest BCUT2D eigenvalue weighted by atomic mass is 10.1. The van der Waals surface area contributed by atoms with Crippen molar-refractivity contribution in [2.75, 3.05) is 13.7 Å². The monoisotopic (exact) mass is 411 g/mol. The van der Waals surface area contributed by atoms with Gasteiger partial charge in [-0.05, 0) is 36.9 Å². The van der Waals surface area contributed by atoms with Crippen LogP contribution >= 0.6 is 0 Å². The maximum Gasteiger partial charge on any atom is 0.387 e. The molecule has 2 aromatic heterocycles. The Bertz CT molecular complexity index is 1100. The van der Waals surface area contributed by atoms with Crippen LogP contribution in [0.2, 0.25) is 0 Å². The van der Waals surface area contributed by atoms with Crippen molar-refractivity contribution in [2.45, 2.75) is 12.7 Å². The van der Waals surface area contributed by atoms with Crippen LogP contribution in [0.4, 0.5) is 8.78 Å². The maximum absolute atomic E-state index is 12.4. The number of likely N-dealkylation sites (N-methyl/N-ethyl adjacent to an activating group) is 1. The summed E-state index contributed by atoms with van der Waals surface area (Å²) in [4.78, 5) is 4.17. The molecule has 7 nitrogen and oxygen atoms in total. The molecule has 4 aromatic rings. The van der Waals surface area contributed by atoms with Crippen LogP contribution in [0.3, 0.4) is 0 Å². The number of halogens is 2. The fourth-order valence-corrected chi connectivity index (χ4v) is 3.10. The molecule has 2 heterocycles. The van der Waals surface area contributed by atoms with Crippen LogP contribution in [0, 0.1) is 0 Å². The summed E-state index contributed by atoms with van der Waals surface area (Å²) < 4.78 is 36.9. The first kappa shape index (κ1) is 19.7. The largest absolute Gasteiger partial charge is 0.475 e. The smallest absolute Gasteiger partial charge is 0.387 e. The first-order chi connectivity index (χ1) is 14.7. The van der Waals surface area contributed by atoms with Crippen molar-refractivity contribution < 1.29 is 18.3 Å². The van der Waals surface area contributed by atoms with Gasteiger partial charge in [-0.25, -0.2) is 4.40 Å². The van der Waals surface area contributed by atoms with E-state index < -0.39 is 6.61 Å². The second-order valence-corrected chi connectivity index (χ2v) is 6.43. The van der Waals surface area contributed by atoms with E-state index in [4.69, 9.17) is 4.74 Å². The molecule has 0 fully saturated rings. The molecule has 0 radical (unpaired) electrons. The number of hydrogen-bond acceptors (Lipinski definition) is 6. The lowest BCUT2D eigenvalue weighted by Gasteiger charge is -2.18. The molecular weight excluding hydrogens is 392 g/mol. The molecule has 0 spiro atoms. The zero-order chi connectivity index (χ0) is 20.9. The molecule has 9 heteroatoms. The van der Waals surface area contributed by atoms with E-state index in [0.717, 1.165) is 5.56 Å². The summed E-state index contributed by atoms with van der Waals surface area (Å²) in [6, 6.07) is 16.1. The van der Waals surface area contributed by atoms with Crippen molar-refractivity contribution in [3.8, 4) is 23.0 Å². The molecule has 30 heavy (non-hydrogen) atoms. The molecule has 154 valence electrons. The third-order valence-corrected chi connectivity index (χ3v) is 4.57. The topological polar surface area (TPSA) is 73.6 Å². The molecule has 1 N–H and O–H groups in total. The van der Waals surface area contributed by atoms with Gasteiger partial charge in [0.25, 0.3) is 0 Å². The number of nitrogens with zero attached hydrogens (tertiary/aromatic N) is 4. The van der Waals surface area contributed by atoms with Crippen LogP contribution in [-0.2, 0) is 0 Å². The summed E-state index contributed by atoms with van der Waals surface area (Å²) in [6.45, 7) is -2.51. The molecule has 0 aliphatic heterocycles. The number of rotatable bonds is 8. The van der Waals surface area contributed by atoms with Crippen molar-refractivity contribution in [1.29, 1.82) is 0 Å². The molecule has 0 amide bonds. The highest BCUT2D eigenvalue weighted by atomic mass is 19.3. The summed E-state index contributed by atoms with van der Waals surface area (Å²) in [6.07, 6.45) is 3.16. The molecular formula is C21H19F2N5O2. The van der Waals surface area contributed by atoms with Gasteiger partial charge in [-0.15, -0.1) is 10.2 Å². The zero-order valence-electron chi connectivity index (χ0n) is 16.1. The van der Waals surface area contributed by atoms with Gasteiger partial charge in [0.1, 0.15) is 12.4 Å². The standard InChI is InChI=1S/C21H19F2N5O2/c1-24-17(14-5-3-2-4-6-14)13-29-19-12-25-11-18-26-27-20(28(18)19)15-7-9-16(10-8-15)30-21(22)23/h2-12,17,21,24H,13H2,1H3. The highest BCUT2D eigenvalue weighted by Crippen LogP contribution is 2.26. The van der Waals surface area contributed by atoms with Crippen molar-refractivity contribution in [3.05, 3.63) is 72.6 Å². The van der Waals surface area contributed by atoms with Crippen LogP contribution in [0.25, 0.3) is 17.0 Å². The van der Waals surface area contributed by atoms with E-state index in [1.54, 1.807) is 28.9 Å². The first-order valence-corrected chi connectivity index (χ1v) is 9.25. The Kier molecular flexibility index (Phi) is 5.80. The number of ether oxygens (including phenoxy) is 2. The minimum absolute atomic E-state index is 0.0211. The molecule has 0 aliphatic rings. The molecule has 0 saturated heterocycles. The van der Waals surface area contributed by atoms with E-state index in [2.05, 4.69) is 25.2 Å². The van der Waals surface area contributed by atoms with Gasteiger partial charge < -0.3 is 14.8 Å². The fraction of sp³-hybridized carbons (Fsp3) is 0.190. The number of nitrogens with one attached hydrogen (secondary N) is 1. The fourth-order valence-electron chi connectivity index (χ4n) is 3.10.